The number of rotatable bonds is 8. The molecule has 4 aromatic rings. The van der Waals surface area contributed by atoms with Gasteiger partial charge in [-0.3, -0.25) is 9.59 Å². The first-order valence-corrected chi connectivity index (χ1v) is 15.4. The number of hydrogen-bond acceptors (Lipinski definition) is 5. The van der Waals surface area contributed by atoms with Crippen LogP contribution in [0.3, 0.4) is 0 Å². The summed E-state index contributed by atoms with van der Waals surface area (Å²) in [7, 11) is 0. The molecule has 44 heavy (non-hydrogen) atoms. The molecule has 0 radical (unpaired) electrons. The molecule has 0 saturated heterocycles. The summed E-state index contributed by atoms with van der Waals surface area (Å²) < 4.78 is 8.10. The van der Waals surface area contributed by atoms with Crippen LogP contribution in [-0.2, 0) is 9.59 Å². The van der Waals surface area contributed by atoms with Gasteiger partial charge in [-0.25, -0.2) is 9.78 Å². The van der Waals surface area contributed by atoms with Crippen molar-refractivity contribution in [1.29, 1.82) is 0 Å². The number of nitrogens with one attached hydrogen (secondary N) is 2. The molecule has 9 heteroatoms. The number of hydrogen-bond donors (Lipinski definition) is 3. The van der Waals surface area contributed by atoms with Crippen LogP contribution in [0.1, 0.15) is 80.8 Å². The van der Waals surface area contributed by atoms with E-state index in [0.29, 0.717) is 47.3 Å². The van der Waals surface area contributed by atoms with Gasteiger partial charge in [-0.2, -0.15) is 0 Å². The number of furan rings is 1. The maximum Gasteiger partial charge on any atom is 0.328 e. The van der Waals surface area contributed by atoms with E-state index in [1.165, 1.54) is 12.5 Å². The topological polar surface area (TPSA) is 126 Å². The van der Waals surface area contributed by atoms with Gasteiger partial charge in [0.2, 0.25) is 5.91 Å². The van der Waals surface area contributed by atoms with Crippen molar-refractivity contribution in [3.8, 4) is 11.6 Å². The summed E-state index contributed by atoms with van der Waals surface area (Å²) in [6, 6.07) is 16.6. The van der Waals surface area contributed by atoms with Crippen molar-refractivity contribution < 1.29 is 23.9 Å². The van der Waals surface area contributed by atoms with E-state index in [-0.39, 0.29) is 17.9 Å². The second-order valence-corrected chi connectivity index (χ2v) is 12.4. The van der Waals surface area contributed by atoms with Gasteiger partial charge in [-0.15, -0.1) is 0 Å². The van der Waals surface area contributed by atoms with Gasteiger partial charge in [-0.1, -0.05) is 45.2 Å². The number of imidazole rings is 1. The molecule has 6 rings (SSSR count). The number of aliphatic carboxylic acids is 1. The molecule has 2 atom stereocenters. The molecule has 9 nitrogen and oxygen atoms in total. The molecule has 2 saturated carbocycles. The lowest BCUT2D eigenvalue weighted by molar-refractivity contribution is -0.131. The van der Waals surface area contributed by atoms with Gasteiger partial charge in [0, 0.05) is 23.4 Å². The third kappa shape index (κ3) is 5.78. The summed E-state index contributed by atoms with van der Waals surface area (Å²) in [5.74, 6) is 0.820. The van der Waals surface area contributed by atoms with E-state index in [4.69, 9.17) is 14.5 Å². The van der Waals surface area contributed by atoms with E-state index in [2.05, 4.69) is 29.0 Å². The Bertz CT molecular complexity index is 1690. The first-order valence-electron chi connectivity index (χ1n) is 15.4. The summed E-state index contributed by atoms with van der Waals surface area (Å²) in [4.78, 5) is 43.1. The van der Waals surface area contributed by atoms with Crippen molar-refractivity contribution in [1.82, 2.24) is 14.9 Å². The fourth-order valence-electron chi connectivity index (χ4n) is 7.07. The van der Waals surface area contributed by atoms with E-state index in [1.54, 1.807) is 30.5 Å². The number of anilines is 1. The van der Waals surface area contributed by atoms with Crippen LogP contribution in [0.5, 0.6) is 0 Å². The number of amides is 2. The van der Waals surface area contributed by atoms with E-state index >= 15 is 0 Å². The van der Waals surface area contributed by atoms with Crippen LogP contribution in [0.25, 0.3) is 28.7 Å². The number of carbonyl (C=O) groups excluding carboxylic acids is 2. The minimum Gasteiger partial charge on any atom is -0.478 e. The molecule has 2 aromatic heterocycles. The van der Waals surface area contributed by atoms with Gasteiger partial charge in [0.1, 0.15) is 5.54 Å². The van der Waals surface area contributed by atoms with Crippen LogP contribution in [0.15, 0.2) is 71.4 Å². The Morgan fingerprint density at radius 1 is 1.00 bits per heavy atom. The maximum absolute atomic E-state index is 13.7. The van der Waals surface area contributed by atoms with E-state index in [0.717, 1.165) is 48.6 Å². The number of fused-ring (bicyclic) bond motifs is 1. The highest BCUT2D eigenvalue weighted by Crippen LogP contribution is 2.42. The lowest BCUT2D eigenvalue weighted by atomic mass is 9.78. The van der Waals surface area contributed by atoms with Crippen LogP contribution >= 0.6 is 0 Å². The molecule has 2 aliphatic rings. The highest BCUT2D eigenvalue weighted by Gasteiger charge is 2.43. The lowest BCUT2D eigenvalue weighted by Crippen LogP contribution is -2.55. The molecular formula is C35H38N4O5. The summed E-state index contributed by atoms with van der Waals surface area (Å²) in [6.07, 6.45) is 10.5. The van der Waals surface area contributed by atoms with Crippen LogP contribution < -0.4 is 10.6 Å². The third-order valence-corrected chi connectivity index (χ3v) is 9.31. The van der Waals surface area contributed by atoms with Gasteiger partial charge in [0.05, 0.1) is 17.3 Å². The zero-order valence-corrected chi connectivity index (χ0v) is 25.1. The third-order valence-electron chi connectivity index (χ3n) is 9.31. The molecule has 2 amide bonds. The first kappa shape index (κ1) is 29.4. The molecule has 0 unspecified atom stereocenters. The van der Waals surface area contributed by atoms with Crippen molar-refractivity contribution in [3.63, 3.8) is 0 Å². The average Bonchev–Trinajstić information content (AvgIpc) is 3.78. The number of carbonyl (C=O) groups is 3. The number of aromatic nitrogens is 2. The fourth-order valence-corrected chi connectivity index (χ4v) is 7.07. The molecular weight excluding hydrogens is 556 g/mol. The lowest BCUT2D eigenvalue weighted by Gasteiger charge is -2.36. The minimum absolute atomic E-state index is 0.261. The molecule has 2 fully saturated rings. The van der Waals surface area contributed by atoms with Crippen LogP contribution in [-0.4, -0.2) is 38.0 Å². The summed E-state index contributed by atoms with van der Waals surface area (Å²) in [5.41, 5.74) is 2.39. The monoisotopic (exact) mass is 594 g/mol. The zero-order chi connectivity index (χ0) is 30.8. The van der Waals surface area contributed by atoms with Gasteiger partial charge in [-0.05, 0) is 91.6 Å². The van der Waals surface area contributed by atoms with E-state index in [9.17, 15) is 14.4 Å². The second kappa shape index (κ2) is 12.1. The Labute approximate surface area is 256 Å². The van der Waals surface area contributed by atoms with E-state index < -0.39 is 11.5 Å². The van der Waals surface area contributed by atoms with Crippen molar-refractivity contribution in [2.24, 2.45) is 11.8 Å². The smallest absolute Gasteiger partial charge is 0.328 e. The predicted octanol–water partition coefficient (Wildman–Crippen LogP) is 7.07. The Morgan fingerprint density at radius 3 is 2.39 bits per heavy atom. The molecule has 2 aliphatic carbocycles. The number of carboxylic acids is 1. The quantitative estimate of drug-likeness (QED) is 0.187. The highest BCUT2D eigenvalue weighted by molar-refractivity contribution is 6.05. The molecule has 0 aliphatic heterocycles. The van der Waals surface area contributed by atoms with Gasteiger partial charge < -0.3 is 24.7 Å². The number of nitrogens with zero attached hydrogens (tertiary/aromatic N) is 2. The number of benzene rings is 2. The van der Waals surface area contributed by atoms with Crippen molar-refractivity contribution >= 4 is 40.6 Å². The minimum atomic E-state index is -1.03. The fraction of sp³-hybridized carbons (Fsp3) is 0.371. The first-order chi connectivity index (χ1) is 21.2. The highest BCUT2D eigenvalue weighted by atomic mass is 16.4. The van der Waals surface area contributed by atoms with Crippen LogP contribution in [0, 0.1) is 11.8 Å². The van der Waals surface area contributed by atoms with Gasteiger partial charge in [0.15, 0.2) is 11.6 Å². The average molecular weight is 595 g/mol. The second-order valence-electron chi connectivity index (χ2n) is 12.4. The summed E-state index contributed by atoms with van der Waals surface area (Å²) in [6.45, 7) is 4.60. The van der Waals surface area contributed by atoms with Gasteiger partial charge >= 0.3 is 5.97 Å². The molecule has 3 N–H and O–H groups in total. The van der Waals surface area contributed by atoms with Gasteiger partial charge in [0.25, 0.3) is 5.91 Å². The normalized spacial score (nSPS) is 20.2. The molecule has 2 aromatic carbocycles. The van der Waals surface area contributed by atoms with Crippen molar-refractivity contribution in [3.05, 3.63) is 78.1 Å². The molecule has 228 valence electrons. The maximum atomic E-state index is 13.7. The Hall–Kier alpha value is -4.66. The molecule has 0 bridgehead atoms. The zero-order valence-electron chi connectivity index (χ0n) is 25.1. The van der Waals surface area contributed by atoms with Crippen LogP contribution in [0.2, 0.25) is 0 Å². The molecule has 0 spiro atoms. The largest absolute Gasteiger partial charge is 0.478 e. The van der Waals surface area contributed by atoms with Crippen molar-refractivity contribution in [2.45, 2.75) is 70.4 Å². The SMILES string of the molecule is C[C@H]1CCC[C@H](C)C1n1c(-c2ccco2)nc2cc(C(=O)NC3(C(=O)Nc4ccc(/C=C/C(=O)O)cc4)CCCC3)ccc21. The molecule has 2 heterocycles. The Kier molecular flexibility index (Phi) is 8.12. The standard InChI is InChI=1S/C35H38N4O5/c1-22-7-5-8-23(2)31(22)39-28-16-13-25(21-27(28)37-32(39)29-9-6-20-44-29)33(42)38-35(18-3-4-19-35)34(43)36-26-14-10-24(11-15-26)12-17-30(40)41/h6,9-17,20-23,31H,3-5,7-8,18-19H2,1-2H3,(H,36,43)(H,38,42)(H,40,41)/b17-12+/t22-,23-/m0/s1. The van der Waals surface area contributed by atoms with Crippen molar-refractivity contribution in [2.75, 3.05) is 5.32 Å². The Balaban J connectivity index is 1.26. The number of carboxylic acid groups (broad SMARTS) is 1. The summed E-state index contributed by atoms with van der Waals surface area (Å²) >= 11 is 0. The van der Waals surface area contributed by atoms with Crippen LogP contribution in [0.4, 0.5) is 5.69 Å². The summed E-state index contributed by atoms with van der Waals surface area (Å²) in [5, 5.41) is 14.9. The Morgan fingerprint density at radius 2 is 1.73 bits per heavy atom. The predicted molar refractivity (Wildman–Crippen MR) is 169 cm³/mol. The van der Waals surface area contributed by atoms with E-state index in [1.807, 2.05) is 30.3 Å².